The average Bonchev–Trinajstić information content (AvgIpc) is 2.95. The molecule has 2 rings (SSSR count). The Morgan fingerprint density at radius 1 is 1.15 bits per heavy atom. The number of benzene rings is 1. The Bertz CT molecular complexity index is 727. The fraction of sp³-hybridized carbons (Fsp3) is 0.667. The third-order valence-corrected chi connectivity index (χ3v) is 6.90. The highest BCUT2D eigenvalue weighted by Crippen LogP contribution is 2.29. The second-order valence-electron chi connectivity index (χ2n) is 6.71. The van der Waals surface area contributed by atoms with E-state index in [0.29, 0.717) is 25.3 Å². The molecule has 1 aliphatic rings. The van der Waals surface area contributed by atoms with Crippen LogP contribution in [-0.4, -0.2) is 61.8 Å². The molecule has 9 heteroatoms. The van der Waals surface area contributed by atoms with Gasteiger partial charge in [-0.3, -0.25) is 10.1 Å². The van der Waals surface area contributed by atoms with Gasteiger partial charge in [0.1, 0.15) is 5.69 Å². The fourth-order valence-electron chi connectivity index (χ4n) is 3.29. The largest absolute Gasteiger partial charge is 0.378 e. The third kappa shape index (κ3) is 5.63. The summed E-state index contributed by atoms with van der Waals surface area (Å²) in [5.74, 6) is 0. The zero-order valence-electron chi connectivity index (χ0n) is 16.2. The Balaban J connectivity index is 2.19. The van der Waals surface area contributed by atoms with Crippen LogP contribution >= 0.6 is 0 Å². The van der Waals surface area contributed by atoms with E-state index >= 15 is 0 Å². The van der Waals surface area contributed by atoms with Gasteiger partial charge in [0.25, 0.3) is 5.69 Å². The molecule has 0 saturated carbocycles. The van der Waals surface area contributed by atoms with Gasteiger partial charge >= 0.3 is 0 Å². The summed E-state index contributed by atoms with van der Waals surface area (Å²) in [4.78, 5) is 13.2. The molecule has 1 aromatic rings. The van der Waals surface area contributed by atoms with Crippen molar-refractivity contribution in [3.8, 4) is 0 Å². The van der Waals surface area contributed by atoms with Gasteiger partial charge in [-0.25, -0.2) is 8.42 Å². The molecule has 1 aliphatic heterocycles. The number of likely N-dealkylation sites (N-methyl/N-ethyl adjacent to an activating group) is 1. The quantitative estimate of drug-likeness (QED) is 0.507. The number of rotatable bonds is 9. The molecule has 0 bridgehead atoms. The lowest BCUT2D eigenvalue weighted by molar-refractivity contribution is -0.384. The number of nitro groups is 1. The highest BCUT2D eigenvalue weighted by atomic mass is 32.2. The summed E-state index contributed by atoms with van der Waals surface area (Å²) < 4.78 is 27.2. The molecular formula is C18H30N4O4S. The molecule has 0 aromatic heterocycles. The van der Waals surface area contributed by atoms with Crippen LogP contribution in [0.25, 0.3) is 0 Å². The van der Waals surface area contributed by atoms with E-state index in [0.717, 1.165) is 45.3 Å². The van der Waals surface area contributed by atoms with Gasteiger partial charge in [-0.05, 0) is 38.1 Å². The molecule has 0 unspecified atom stereocenters. The number of hydrogen-bond donors (Lipinski definition) is 1. The van der Waals surface area contributed by atoms with Gasteiger partial charge in [0.05, 0.1) is 9.82 Å². The van der Waals surface area contributed by atoms with Crippen LogP contribution in [-0.2, 0) is 10.0 Å². The van der Waals surface area contributed by atoms with Crippen LogP contribution in [0.4, 0.5) is 11.4 Å². The zero-order valence-corrected chi connectivity index (χ0v) is 17.0. The maximum absolute atomic E-state index is 12.9. The van der Waals surface area contributed by atoms with Crippen molar-refractivity contribution in [1.82, 2.24) is 9.21 Å². The van der Waals surface area contributed by atoms with Crippen molar-refractivity contribution >= 4 is 21.4 Å². The minimum atomic E-state index is -3.71. The van der Waals surface area contributed by atoms with Crippen LogP contribution in [0.2, 0.25) is 0 Å². The third-order valence-electron chi connectivity index (χ3n) is 5.01. The second kappa shape index (κ2) is 10.0. The standard InChI is InChI=1S/C18H30N4O4S/c1-3-20(4-2)14-11-19-17-10-9-16(15-18(17)22(23)24)27(25,26)21-12-7-5-6-8-13-21/h9-10,15,19H,3-8,11-14H2,1-2H3. The Morgan fingerprint density at radius 2 is 1.78 bits per heavy atom. The van der Waals surface area contributed by atoms with E-state index < -0.39 is 14.9 Å². The Hall–Kier alpha value is -1.71. The lowest BCUT2D eigenvalue weighted by Crippen LogP contribution is -2.32. The highest BCUT2D eigenvalue weighted by Gasteiger charge is 2.28. The normalized spacial score (nSPS) is 16.3. The summed E-state index contributed by atoms with van der Waals surface area (Å²) in [7, 11) is -3.71. The van der Waals surface area contributed by atoms with Crippen LogP contribution in [0.15, 0.2) is 23.1 Å². The van der Waals surface area contributed by atoms with Crippen LogP contribution in [0.5, 0.6) is 0 Å². The van der Waals surface area contributed by atoms with Crippen LogP contribution in [0.1, 0.15) is 39.5 Å². The molecule has 27 heavy (non-hydrogen) atoms. The van der Waals surface area contributed by atoms with Gasteiger partial charge in [0.2, 0.25) is 10.0 Å². The van der Waals surface area contributed by atoms with Crippen molar-refractivity contribution in [2.24, 2.45) is 0 Å². The van der Waals surface area contributed by atoms with Crippen molar-refractivity contribution in [2.45, 2.75) is 44.4 Å². The molecule has 152 valence electrons. The van der Waals surface area contributed by atoms with Crippen molar-refractivity contribution in [2.75, 3.05) is 44.6 Å². The van der Waals surface area contributed by atoms with Crippen molar-refractivity contribution in [3.05, 3.63) is 28.3 Å². The number of sulfonamides is 1. The van der Waals surface area contributed by atoms with Crippen molar-refractivity contribution < 1.29 is 13.3 Å². The van der Waals surface area contributed by atoms with E-state index in [-0.39, 0.29) is 10.6 Å². The topological polar surface area (TPSA) is 95.8 Å². The number of nitrogens with zero attached hydrogens (tertiary/aromatic N) is 3. The summed E-state index contributed by atoms with van der Waals surface area (Å²) in [5, 5.41) is 14.6. The maximum Gasteiger partial charge on any atom is 0.293 e. The summed E-state index contributed by atoms with van der Waals surface area (Å²) in [6.45, 7) is 8.21. The van der Waals surface area contributed by atoms with Gasteiger partial charge in [0, 0.05) is 32.2 Å². The predicted octanol–water partition coefficient (Wildman–Crippen LogP) is 2.91. The van der Waals surface area contributed by atoms with Gasteiger partial charge < -0.3 is 10.2 Å². The second-order valence-corrected chi connectivity index (χ2v) is 8.65. The highest BCUT2D eigenvalue weighted by molar-refractivity contribution is 7.89. The first kappa shape index (κ1) is 21.6. The monoisotopic (exact) mass is 398 g/mol. The molecule has 0 radical (unpaired) electrons. The van der Waals surface area contributed by atoms with Crippen molar-refractivity contribution in [1.29, 1.82) is 0 Å². The molecule has 0 aliphatic carbocycles. The smallest absolute Gasteiger partial charge is 0.293 e. The maximum atomic E-state index is 12.9. The molecule has 1 N–H and O–H groups in total. The lowest BCUT2D eigenvalue weighted by Gasteiger charge is -2.20. The summed E-state index contributed by atoms with van der Waals surface area (Å²) >= 11 is 0. The van der Waals surface area contributed by atoms with Gasteiger partial charge in [-0.2, -0.15) is 4.31 Å². The minimum Gasteiger partial charge on any atom is -0.378 e. The van der Waals surface area contributed by atoms with E-state index in [1.807, 2.05) is 0 Å². The van der Waals surface area contributed by atoms with Gasteiger partial charge in [-0.15, -0.1) is 0 Å². The Morgan fingerprint density at radius 3 is 2.33 bits per heavy atom. The Labute approximate surface area is 161 Å². The molecule has 0 amide bonds. The molecule has 1 saturated heterocycles. The summed E-state index contributed by atoms with van der Waals surface area (Å²) in [5.41, 5.74) is 0.146. The van der Waals surface area contributed by atoms with E-state index in [1.54, 1.807) is 0 Å². The Kier molecular flexibility index (Phi) is 8.00. The molecule has 0 spiro atoms. The zero-order chi connectivity index (χ0) is 19.9. The number of hydrogen-bond acceptors (Lipinski definition) is 6. The summed E-state index contributed by atoms with van der Waals surface area (Å²) in [6.07, 6.45) is 3.68. The predicted molar refractivity (Wildman–Crippen MR) is 107 cm³/mol. The first-order valence-corrected chi connectivity index (χ1v) is 11.1. The van der Waals surface area contributed by atoms with E-state index in [1.165, 1.54) is 22.5 Å². The average molecular weight is 399 g/mol. The van der Waals surface area contributed by atoms with Crippen LogP contribution < -0.4 is 5.32 Å². The lowest BCUT2D eigenvalue weighted by atomic mass is 10.2. The fourth-order valence-corrected chi connectivity index (χ4v) is 4.83. The molecule has 1 aromatic carbocycles. The first-order chi connectivity index (χ1) is 12.9. The molecule has 1 fully saturated rings. The molecule has 0 atom stereocenters. The molecular weight excluding hydrogens is 368 g/mol. The van der Waals surface area contributed by atoms with Crippen LogP contribution in [0, 0.1) is 10.1 Å². The number of nitrogens with one attached hydrogen (secondary N) is 1. The summed E-state index contributed by atoms with van der Waals surface area (Å²) in [6, 6.07) is 4.15. The number of nitro benzene ring substituents is 1. The minimum absolute atomic E-state index is 0.00890. The molecule has 8 nitrogen and oxygen atoms in total. The van der Waals surface area contributed by atoms with E-state index in [9.17, 15) is 18.5 Å². The van der Waals surface area contributed by atoms with Crippen LogP contribution in [0.3, 0.4) is 0 Å². The number of anilines is 1. The van der Waals surface area contributed by atoms with E-state index in [2.05, 4.69) is 24.1 Å². The van der Waals surface area contributed by atoms with Crippen molar-refractivity contribution in [3.63, 3.8) is 0 Å². The van der Waals surface area contributed by atoms with Gasteiger partial charge in [0.15, 0.2) is 0 Å². The molecule has 1 heterocycles. The van der Waals surface area contributed by atoms with Gasteiger partial charge in [-0.1, -0.05) is 26.7 Å². The SMILES string of the molecule is CCN(CC)CCNc1ccc(S(=O)(=O)N2CCCCCC2)cc1[N+](=O)[O-]. The van der Waals surface area contributed by atoms with E-state index in [4.69, 9.17) is 0 Å². The first-order valence-electron chi connectivity index (χ1n) is 9.65.